The highest BCUT2D eigenvalue weighted by molar-refractivity contribution is 6.09. The van der Waals surface area contributed by atoms with Crippen molar-refractivity contribution in [2.24, 2.45) is 0 Å². The summed E-state index contributed by atoms with van der Waals surface area (Å²) in [5.41, 5.74) is 2.74. The largest absolute Gasteiger partial charge is 0.447 e. The molecule has 8 heteroatoms. The van der Waals surface area contributed by atoms with Gasteiger partial charge in [-0.25, -0.2) is 9.78 Å². The van der Waals surface area contributed by atoms with Gasteiger partial charge in [0, 0.05) is 13.7 Å². The predicted molar refractivity (Wildman–Crippen MR) is 108 cm³/mol. The number of carbonyl (C=O) groups is 2. The third-order valence-electron chi connectivity index (χ3n) is 5.07. The Morgan fingerprint density at radius 3 is 2.79 bits per heavy atom. The second-order valence-corrected chi connectivity index (χ2v) is 7.51. The Morgan fingerprint density at radius 1 is 1.29 bits per heavy atom. The lowest BCUT2D eigenvalue weighted by Crippen LogP contribution is -2.36. The molecule has 1 aliphatic heterocycles. The Labute approximate surface area is 164 Å². The summed E-state index contributed by atoms with van der Waals surface area (Å²) in [6.07, 6.45) is 2.56. The number of amides is 2. The van der Waals surface area contributed by atoms with Gasteiger partial charge < -0.3 is 19.4 Å². The van der Waals surface area contributed by atoms with Gasteiger partial charge >= 0.3 is 6.09 Å². The van der Waals surface area contributed by atoms with Crippen LogP contribution >= 0.6 is 0 Å². The first-order valence-corrected chi connectivity index (χ1v) is 9.67. The van der Waals surface area contributed by atoms with E-state index in [4.69, 9.17) is 9.47 Å². The highest BCUT2D eigenvalue weighted by Crippen LogP contribution is 2.43. The van der Waals surface area contributed by atoms with Crippen molar-refractivity contribution >= 4 is 34.7 Å². The minimum atomic E-state index is -0.597. The Morgan fingerprint density at radius 2 is 2.07 bits per heavy atom. The number of fused-ring (bicyclic) bond motifs is 2. The Bertz CT molecular complexity index is 874. The van der Waals surface area contributed by atoms with Gasteiger partial charge in [-0.3, -0.25) is 10.1 Å². The van der Waals surface area contributed by atoms with E-state index in [0.29, 0.717) is 24.6 Å². The number of ether oxygens (including phenoxy) is 2. The molecule has 2 aromatic rings. The minimum absolute atomic E-state index is 0.117. The van der Waals surface area contributed by atoms with Crippen molar-refractivity contribution in [3.8, 4) is 0 Å². The molecule has 2 N–H and O–H groups in total. The highest BCUT2D eigenvalue weighted by Gasteiger charge is 2.43. The number of benzene rings is 1. The van der Waals surface area contributed by atoms with Crippen LogP contribution in [0.3, 0.4) is 0 Å². The van der Waals surface area contributed by atoms with Crippen molar-refractivity contribution < 1.29 is 19.1 Å². The lowest BCUT2D eigenvalue weighted by molar-refractivity contribution is -0.122. The molecule has 0 atom stereocenters. The molecule has 1 aliphatic rings. The Kier molecular flexibility index (Phi) is 5.88. The van der Waals surface area contributed by atoms with Gasteiger partial charge in [-0.15, -0.1) is 0 Å². The second-order valence-electron chi connectivity index (χ2n) is 7.51. The Balaban J connectivity index is 1.84. The lowest BCUT2D eigenvalue weighted by atomic mass is 9.86. The third kappa shape index (κ3) is 3.82. The van der Waals surface area contributed by atoms with Gasteiger partial charge in [-0.1, -0.05) is 19.8 Å². The number of hydrogen-bond donors (Lipinski definition) is 2. The van der Waals surface area contributed by atoms with Gasteiger partial charge in [0.25, 0.3) is 0 Å². The molecule has 2 amide bonds. The predicted octanol–water partition coefficient (Wildman–Crippen LogP) is 3.57. The summed E-state index contributed by atoms with van der Waals surface area (Å²) in [5, 5.41) is 2.58. The van der Waals surface area contributed by atoms with E-state index in [1.54, 1.807) is 0 Å². The molecule has 0 saturated heterocycles. The number of unbranched alkanes of at least 4 members (excludes halogenated alkanes) is 2. The molecule has 0 bridgehead atoms. The number of aromatic amines is 1. The molecule has 1 aromatic carbocycles. The van der Waals surface area contributed by atoms with Gasteiger partial charge in [-0.05, 0) is 38.0 Å². The number of rotatable bonds is 8. The monoisotopic (exact) mass is 388 g/mol. The van der Waals surface area contributed by atoms with E-state index in [0.717, 1.165) is 36.0 Å². The number of anilines is 2. The average Bonchev–Trinajstić information content (AvgIpc) is 3.12. The van der Waals surface area contributed by atoms with E-state index < -0.39 is 11.5 Å². The van der Waals surface area contributed by atoms with Crippen LogP contribution in [0, 0.1) is 0 Å². The highest BCUT2D eigenvalue weighted by atomic mass is 16.6. The standard InChI is InChI=1S/C20H28N4O4/c1-5-6-7-8-24-16-12-15-14(11-13(16)20(2,3)17(24)25)21-18(22-15)23-19(26)28-10-9-27-4/h11-12H,5-10H2,1-4H3,(H2,21,22,23,26). The first-order chi connectivity index (χ1) is 13.4. The van der Waals surface area contributed by atoms with E-state index in [1.165, 1.54) is 7.11 Å². The van der Waals surface area contributed by atoms with Crippen LogP contribution in [-0.4, -0.2) is 48.8 Å². The van der Waals surface area contributed by atoms with Crippen molar-refractivity contribution in [2.45, 2.75) is 45.4 Å². The van der Waals surface area contributed by atoms with Crippen molar-refractivity contribution in [1.29, 1.82) is 0 Å². The zero-order valence-electron chi connectivity index (χ0n) is 16.9. The SMILES string of the molecule is CCCCCN1C(=O)C(C)(C)c2cc3[nH]c(NC(=O)OCCOC)nc3cc21. The quantitative estimate of drug-likeness (QED) is 0.674. The number of H-pyrrole nitrogens is 1. The molecule has 3 rings (SSSR count). The molecule has 0 saturated carbocycles. The average molecular weight is 388 g/mol. The van der Waals surface area contributed by atoms with E-state index in [2.05, 4.69) is 22.2 Å². The summed E-state index contributed by atoms with van der Waals surface area (Å²) >= 11 is 0. The number of hydrogen-bond acceptors (Lipinski definition) is 5. The zero-order chi connectivity index (χ0) is 20.3. The number of imidazole rings is 1. The molecule has 152 valence electrons. The normalized spacial score (nSPS) is 15.1. The van der Waals surface area contributed by atoms with E-state index in [-0.39, 0.29) is 12.5 Å². The maximum atomic E-state index is 12.9. The van der Waals surface area contributed by atoms with Crippen molar-refractivity contribution in [3.63, 3.8) is 0 Å². The van der Waals surface area contributed by atoms with Crippen LogP contribution < -0.4 is 10.2 Å². The van der Waals surface area contributed by atoms with Crippen LogP contribution in [0.5, 0.6) is 0 Å². The van der Waals surface area contributed by atoms with Crippen LogP contribution in [-0.2, 0) is 19.7 Å². The van der Waals surface area contributed by atoms with Crippen LogP contribution in [0.15, 0.2) is 12.1 Å². The maximum Gasteiger partial charge on any atom is 0.414 e. The van der Waals surface area contributed by atoms with Crippen LogP contribution in [0.2, 0.25) is 0 Å². The molecular formula is C20H28N4O4. The number of methoxy groups -OCH3 is 1. The molecule has 28 heavy (non-hydrogen) atoms. The molecule has 1 aromatic heterocycles. The van der Waals surface area contributed by atoms with Crippen molar-refractivity contribution in [2.75, 3.05) is 37.1 Å². The fourth-order valence-electron chi connectivity index (χ4n) is 3.48. The summed E-state index contributed by atoms with van der Waals surface area (Å²) in [4.78, 5) is 34.1. The smallest absolute Gasteiger partial charge is 0.414 e. The molecule has 0 radical (unpaired) electrons. The molecule has 0 unspecified atom stereocenters. The molecule has 0 fully saturated rings. The summed E-state index contributed by atoms with van der Waals surface area (Å²) in [6, 6.07) is 3.87. The van der Waals surface area contributed by atoms with Gasteiger partial charge in [0.15, 0.2) is 0 Å². The molecule has 0 aliphatic carbocycles. The maximum absolute atomic E-state index is 12.9. The summed E-state index contributed by atoms with van der Waals surface area (Å²) in [6.45, 7) is 7.24. The third-order valence-corrected chi connectivity index (χ3v) is 5.07. The van der Waals surface area contributed by atoms with Gasteiger partial charge in [0.05, 0.1) is 28.7 Å². The summed E-state index contributed by atoms with van der Waals surface area (Å²) in [5.74, 6) is 0.425. The van der Waals surface area contributed by atoms with Gasteiger partial charge in [0.1, 0.15) is 6.61 Å². The molecule has 0 spiro atoms. The van der Waals surface area contributed by atoms with Crippen LogP contribution in [0.25, 0.3) is 11.0 Å². The Hall–Kier alpha value is -2.61. The summed E-state index contributed by atoms with van der Waals surface area (Å²) < 4.78 is 9.84. The second kappa shape index (κ2) is 8.18. The van der Waals surface area contributed by atoms with E-state index in [9.17, 15) is 9.59 Å². The van der Waals surface area contributed by atoms with Crippen LogP contribution in [0.4, 0.5) is 16.4 Å². The van der Waals surface area contributed by atoms with Gasteiger partial charge in [-0.2, -0.15) is 0 Å². The fourth-order valence-corrected chi connectivity index (χ4v) is 3.48. The fraction of sp³-hybridized carbons (Fsp3) is 0.550. The molecule has 2 heterocycles. The molecular weight excluding hydrogens is 360 g/mol. The number of nitrogens with one attached hydrogen (secondary N) is 2. The van der Waals surface area contributed by atoms with Crippen molar-refractivity contribution in [3.05, 3.63) is 17.7 Å². The van der Waals surface area contributed by atoms with Gasteiger partial charge in [0.2, 0.25) is 11.9 Å². The number of nitrogens with zero attached hydrogens (tertiary/aromatic N) is 2. The number of aromatic nitrogens is 2. The number of carbonyl (C=O) groups excluding carboxylic acids is 2. The lowest BCUT2D eigenvalue weighted by Gasteiger charge is -2.20. The van der Waals surface area contributed by atoms with E-state index >= 15 is 0 Å². The first-order valence-electron chi connectivity index (χ1n) is 9.67. The minimum Gasteiger partial charge on any atom is -0.447 e. The first kappa shape index (κ1) is 20.1. The van der Waals surface area contributed by atoms with E-state index in [1.807, 2.05) is 30.9 Å². The molecule has 8 nitrogen and oxygen atoms in total. The van der Waals surface area contributed by atoms with Crippen LogP contribution in [0.1, 0.15) is 45.6 Å². The zero-order valence-corrected chi connectivity index (χ0v) is 16.9. The van der Waals surface area contributed by atoms with Crippen molar-refractivity contribution in [1.82, 2.24) is 9.97 Å². The summed E-state index contributed by atoms with van der Waals surface area (Å²) in [7, 11) is 1.54. The topological polar surface area (TPSA) is 96.6 Å².